The lowest BCUT2D eigenvalue weighted by Crippen LogP contribution is -2.40. The maximum Gasteiger partial charge on any atom is 0.308 e. The second-order valence-corrected chi connectivity index (χ2v) is 5.29. The lowest BCUT2D eigenvalue weighted by atomic mass is 10.0. The van der Waals surface area contributed by atoms with Crippen molar-refractivity contribution in [1.82, 2.24) is 15.1 Å². The number of hydrogen-bond donors (Lipinski definition) is 2. The van der Waals surface area contributed by atoms with Gasteiger partial charge in [-0.15, -0.1) is 0 Å². The van der Waals surface area contributed by atoms with E-state index in [-0.39, 0.29) is 12.3 Å². The van der Waals surface area contributed by atoms with Gasteiger partial charge in [0.25, 0.3) is 0 Å². The average Bonchev–Trinajstić information content (AvgIpc) is 2.95. The number of amides is 1. The molecule has 0 spiro atoms. The van der Waals surface area contributed by atoms with E-state index < -0.39 is 17.9 Å². The number of carboxylic acids is 1. The Kier molecular flexibility index (Phi) is 4.93. The molecule has 0 saturated heterocycles. The highest BCUT2D eigenvalue weighted by molar-refractivity contribution is 5.80. The molecule has 2 aromatic rings. The molecule has 2 atom stereocenters. The van der Waals surface area contributed by atoms with Gasteiger partial charge in [-0.05, 0) is 31.5 Å². The van der Waals surface area contributed by atoms with Crippen LogP contribution in [0.3, 0.4) is 0 Å². The summed E-state index contributed by atoms with van der Waals surface area (Å²) in [5.41, 5.74) is 1.69. The predicted octanol–water partition coefficient (Wildman–Crippen LogP) is 1.64. The lowest BCUT2D eigenvalue weighted by Gasteiger charge is -2.17. The average molecular weight is 301 g/mol. The maximum absolute atomic E-state index is 12.0. The van der Waals surface area contributed by atoms with Crippen molar-refractivity contribution in [3.05, 3.63) is 48.3 Å². The van der Waals surface area contributed by atoms with Gasteiger partial charge in [-0.25, -0.2) is 4.68 Å². The van der Waals surface area contributed by atoms with Crippen molar-refractivity contribution >= 4 is 11.9 Å². The van der Waals surface area contributed by atoms with E-state index >= 15 is 0 Å². The fraction of sp³-hybridized carbons (Fsp3) is 0.312. The third kappa shape index (κ3) is 3.94. The highest BCUT2D eigenvalue weighted by Gasteiger charge is 2.21. The number of nitrogens with one attached hydrogen (secondary N) is 1. The van der Waals surface area contributed by atoms with Crippen molar-refractivity contribution in [3.63, 3.8) is 0 Å². The Balaban J connectivity index is 1.96. The highest BCUT2D eigenvalue weighted by atomic mass is 16.4. The standard InChI is InChI=1S/C16H19N3O3/c1-11(16(21)22)12(2)18-15(20)8-13-9-17-19(10-13)14-6-4-3-5-7-14/h3-7,9-12H,8H2,1-2H3,(H,18,20)(H,21,22). The first-order valence-corrected chi connectivity index (χ1v) is 7.08. The topological polar surface area (TPSA) is 84.2 Å². The van der Waals surface area contributed by atoms with Gasteiger partial charge in [0, 0.05) is 12.2 Å². The largest absolute Gasteiger partial charge is 0.481 e. The van der Waals surface area contributed by atoms with Crippen LogP contribution in [0.25, 0.3) is 5.69 Å². The molecule has 1 aromatic carbocycles. The Morgan fingerprint density at radius 3 is 2.59 bits per heavy atom. The van der Waals surface area contributed by atoms with Crippen LogP contribution < -0.4 is 5.32 Å². The molecule has 22 heavy (non-hydrogen) atoms. The second kappa shape index (κ2) is 6.89. The zero-order chi connectivity index (χ0) is 16.1. The summed E-state index contributed by atoms with van der Waals surface area (Å²) in [5, 5.41) is 15.8. The van der Waals surface area contributed by atoms with Crippen LogP contribution in [0.1, 0.15) is 19.4 Å². The van der Waals surface area contributed by atoms with Gasteiger partial charge in [-0.1, -0.05) is 18.2 Å². The van der Waals surface area contributed by atoms with E-state index in [4.69, 9.17) is 5.11 Å². The van der Waals surface area contributed by atoms with Gasteiger partial charge in [0.1, 0.15) is 0 Å². The zero-order valence-corrected chi connectivity index (χ0v) is 12.6. The highest BCUT2D eigenvalue weighted by Crippen LogP contribution is 2.09. The number of para-hydroxylation sites is 1. The van der Waals surface area contributed by atoms with Crippen molar-refractivity contribution in [1.29, 1.82) is 0 Å². The Labute approximate surface area is 128 Å². The Bertz CT molecular complexity index is 652. The van der Waals surface area contributed by atoms with Crippen molar-refractivity contribution in [2.45, 2.75) is 26.3 Å². The molecule has 1 aromatic heterocycles. The minimum Gasteiger partial charge on any atom is -0.481 e. The molecule has 2 rings (SSSR count). The fourth-order valence-electron chi connectivity index (χ4n) is 2.00. The molecule has 1 amide bonds. The smallest absolute Gasteiger partial charge is 0.308 e. The van der Waals surface area contributed by atoms with Gasteiger partial charge in [0.15, 0.2) is 0 Å². The van der Waals surface area contributed by atoms with Gasteiger partial charge >= 0.3 is 5.97 Å². The Morgan fingerprint density at radius 2 is 1.95 bits per heavy atom. The predicted molar refractivity (Wildman–Crippen MR) is 81.7 cm³/mol. The first kappa shape index (κ1) is 15.8. The van der Waals surface area contributed by atoms with Crippen molar-refractivity contribution in [2.75, 3.05) is 0 Å². The van der Waals surface area contributed by atoms with Crippen LogP contribution in [0.2, 0.25) is 0 Å². The molecule has 0 aliphatic heterocycles. The number of aliphatic carboxylic acids is 1. The van der Waals surface area contributed by atoms with Gasteiger partial charge in [-0.2, -0.15) is 5.10 Å². The normalized spacial score (nSPS) is 13.4. The van der Waals surface area contributed by atoms with Crippen LogP contribution >= 0.6 is 0 Å². The summed E-state index contributed by atoms with van der Waals surface area (Å²) in [4.78, 5) is 22.8. The van der Waals surface area contributed by atoms with E-state index in [0.29, 0.717) is 0 Å². The molecule has 0 fully saturated rings. The van der Waals surface area contributed by atoms with Gasteiger partial charge in [0.2, 0.25) is 5.91 Å². The number of carbonyl (C=O) groups is 2. The van der Waals surface area contributed by atoms with Crippen LogP contribution in [0, 0.1) is 5.92 Å². The van der Waals surface area contributed by atoms with Crippen LogP contribution in [0.15, 0.2) is 42.7 Å². The summed E-state index contributed by atoms with van der Waals surface area (Å²) < 4.78 is 1.70. The van der Waals surface area contributed by atoms with E-state index in [1.807, 2.05) is 30.3 Å². The third-order valence-electron chi connectivity index (χ3n) is 3.55. The molecular weight excluding hydrogens is 282 g/mol. The summed E-state index contributed by atoms with van der Waals surface area (Å²) >= 11 is 0. The van der Waals surface area contributed by atoms with Crippen LogP contribution in [-0.2, 0) is 16.0 Å². The Morgan fingerprint density at radius 1 is 1.27 bits per heavy atom. The zero-order valence-electron chi connectivity index (χ0n) is 12.6. The quantitative estimate of drug-likeness (QED) is 0.849. The number of benzene rings is 1. The fourth-order valence-corrected chi connectivity index (χ4v) is 2.00. The number of nitrogens with zero attached hydrogens (tertiary/aromatic N) is 2. The van der Waals surface area contributed by atoms with Crippen LogP contribution in [0.4, 0.5) is 0 Å². The molecule has 0 radical (unpaired) electrons. The second-order valence-electron chi connectivity index (χ2n) is 5.29. The van der Waals surface area contributed by atoms with Crippen LogP contribution in [-0.4, -0.2) is 32.8 Å². The van der Waals surface area contributed by atoms with Crippen LogP contribution in [0.5, 0.6) is 0 Å². The molecule has 6 heteroatoms. The third-order valence-corrected chi connectivity index (χ3v) is 3.55. The molecular formula is C16H19N3O3. The van der Waals surface area contributed by atoms with E-state index in [2.05, 4.69) is 10.4 Å². The molecule has 116 valence electrons. The number of carbonyl (C=O) groups excluding carboxylic acids is 1. The summed E-state index contributed by atoms with van der Waals surface area (Å²) in [6.45, 7) is 3.25. The molecule has 0 aliphatic rings. The molecule has 0 aliphatic carbocycles. The van der Waals surface area contributed by atoms with Crippen molar-refractivity contribution < 1.29 is 14.7 Å². The molecule has 2 unspecified atom stereocenters. The maximum atomic E-state index is 12.0. The van der Waals surface area contributed by atoms with Gasteiger partial charge < -0.3 is 10.4 Å². The van der Waals surface area contributed by atoms with Gasteiger partial charge in [0.05, 0.1) is 24.2 Å². The minimum atomic E-state index is -0.926. The summed E-state index contributed by atoms with van der Waals surface area (Å²) in [6.07, 6.45) is 3.60. The Hall–Kier alpha value is -2.63. The SMILES string of the molecule is CC(NC(=O)Cc1cnn(-c2ccccc2)c1)C(C)C(=O)O. The van der Waals surface area contributed by atoms with Crippen molar-refractivity contribution in [3.8, 4) is 5.69 Å². The van der Waals surface area contributed by atoms with E-state index in [1.165, 1.54) is 0 Å². The summed E-state index contributed by atoms with van der Waals surface area (Å²) in [7, 11) is 0. The molecule has 6 nitrogen and oxygen atoms in total. The molecule has 0 bridgehead atoms. The number of aromatic nitrogens is 2. The monoisotopic (exact) mass is 301 g/mol. The minimum absolute atomic E-state index is 0.170. The van der Waals surface area contributed by atoms with E-state index in [9.17, 15) is 9.59 Å². The first-order valence-electron chi connectivity index (χ1n) is 7.08. The lowest BCUT2D eigenvalue weighted by molar-refractivity contribution is -0.142. The van der Waals surface area contributed by atoms with Gasteiger partial charge in [-0.3, -0.25) is 9.59 Å². The summed E-state index contributed by atoms with van der Waals surface area (Å²) in [6, 6.07) is 9.18. The summed E-state index contributed by atoms with van der Waals surface area (Å²) in [5.74, 6) is -1.77. The number of hydrogen-bond acceptors (Lipinski definition) is 3. The molecule has 2 N–H and O–H groups in total. The van der Waals surface area contributed by atoms with Crippen molar-refractivity contribution in [2.24, 2.45) is 5.92 Å². The molecule has 0 saturated carbocycles. The first-order chi connectivity index (χ1) is 10.5. The molecule has 1 heterocycles. The van der Waals surface area contributed by atoms with E-state index in [0.717, 1.165) is 11.3 Å². The number of rotatable bonds is 6. The van der Waals surface area contributed by atoms with E-state index in [1.54, 1.807) is 30.9 Å². The number of carboxylic acid groups (broad SMARTS) is 1.